The molecule has 3 aromatic rings. The summed E-state index contributed by atoms with van der Waals surface area (Å²) in [7, 11) is 0. The molecule has 0 aliphatic carbocycles. The summed E-state index contributed by atoms with van der Waals surface area (Å²) < 4.78 is 10.6. The van der Waals surface area contributed by atoms with E-state index in [1.807, 2.05) is 6.07 Å². The summed E-state index contributed by atoms with van der Waals surface area (Å²) in [5.41, 5.74) is 1.95. The van der Waals surface area contributed by atoms with Gasteiger partial charge in [0.25, 0.3) is 5.91 Å². The molecule has 1 amide bonds. The quantitative estimate of drug-likeness (QED) is 0.658. The summed E-state index contributed by atoms with van der Waals surface area (Å²) in [6, 6.07) is 12.1. The van der Waals surface area contributed by atoms with Crippen molar-refractivity contribution in [3.8, 4) is 11.5 Å². The first kappa shape index (κ1) is 17.5. The van der Waals surface area contributed by atoms with Crippen LogP contribution in [0.15, 0.2) is 54.9 Å². The van der Waals surface area contributed by atoms with Crippen LogP contribution in [0.5, 0.6) is 11.5 Å². The van der Waals surface area contributed by atoms with Crippen molar-refractivity contribution in [2.45, 2.75) is 6.92 Å². The Morgan fingerprint density at radius 3 is 2.61 bits per heavy atom. The lowest BCUT2D eigenvalue weighted by Crippen LogP contribution is -2.14. The van der Waals surface area contributed by atoms with Gasteiger partial charge >= 0.3 is 0 Å². The van der Waals surface area contributed by atoms with Crippen LogP contribution in [0.2, 0.25) is 0 Å². The van der Waals surface area contributed by atoms with E-state index in [2.05, 4.69) is 20.6 Å². The molecule has 0 saturated carbocycles. The lowest BCUT2D eigenvalue weighted by atomic mass is 10.1. The summed E-state index contributed by atoms with van der Waals surface area (Å²) in [5.74, 6) is 1.34. The van der Waals surface area contributed by atoms with Gasteiger partial charge in [-0.15, -0.1) is 0 Å². The molecule has 2 N–H and O–H groups in total. The maximum Gasteiger partial charge on any atom is 0.275 e. The topological polar surface area (TPSA) is 102 Å². The summed E-state index contributed by atoms with van der Waals surface area (Å²) in [6.45, 7) is 1.68. The molecule has 0 radical (unpaired) electrons. The van der Waals surface area contributed by atoms with E-state index in [-0.39, 0.29) is 18.3 Å². The summed E-state index contributed by atoms with van der Waals surface area (Å²) >= 11 is 0. The van der Waals surface area contributed by atoms with Crippen LogP contribution in [0.1, 0.15) is 27.8 Å². The minimum Gasteiger partial charge on any atom is -0.454 e. The monoisotopic (exact) mass is 376 g/mol. The molecule has 8 nitrogen and oxygen atoms in total. The number of hydrogen-bond acceptors (Lipinski definition) is 7. The molecule has 0 saturated heterocycles. The average Bonchev–Trinajstić information content (AvgIpc) is 3.16. The third-order valence-corrected chi connectivity index (χ3v) is 4.06. The number of ether oxygens (including phenoxy) is 2. The first-order valence-corrected chi connectivity index (χ1v) is 8.49. The Labute approximate surface area is 160 Å². The summed E-state index contributed by atoms with van der Waals surface area (Å²) in [6.07, 6.45) is 2.84. The zero-order valence-corrected chi connectivity index (χ0v) is 14.9. The van der Waals surface area contributed by atoms with Gasteiger partial charge in [0.1, 0.15) is 11.5 Å². The number of carbonyl (C=O) groups excluding carboxylic acids is 2. The zero-order chi connectivity index (χ0) is 19.5. The van der Waals surface area contributed by atoms with Crippen molar-refractivity contribution in [2.75, 3.05) is 17.4 Å². The molecule has 0 bridgehead atoms. The van der Waals surface area contributed by atoms with Gasteiger partial charge in [-0.3, -0.25) is 9.59 Å². The second-order valence-electron chi connectivity index (χ2n) is 6.07. The largest absolute Gasteiger partial charge is 0.454 e. The molecule has 1 aliphatic heterocycles. The number of ketones is 1. The van der Waals surface area contributed by atoms with Gasteiger partial charge in [0.2, 0.25) is 6.79 Å². The molecule has 0 fully saturated rings. The molecular formula is C20H16N4O4. The molecule has 140 valence electrons. The van der Waals surface area contributed by atoms with Crippen molar-refractivity contribution in [1.29, 1.82) is 0 Å². The summed E-state index contributed by atoms with van der Waals surface area (Å²) in [5, 5.41) is 5.80. The van der Waals surface area contributed by atoms with Crippen LogP contribution in [0, 0.1) is 0 Å². The third-order valence-electron chi connectivity index (χ3n) is 4.06. The van der Waals surface area contributed by atoms with Gasteiger partial charge in [0.05, 0.1) is 12.4 Å². The third kappa shape index (κ3) is 3.75. The molecule has 0 unspecified atom stereocenters. The van der Waals surface area contributed by atoms with Crippen LogP contribution >= 0.6 is 0 Å². The van der Waals surface area contributed by atoms with E-state index in [1.165, 1.54) is 19.3 Å². The van der Waals surface area contributed by atoms with E-state index >= 15 is 0 Å². The Bertz CT molecular complexity index is 1050. The number of amides is 1. The average molecular weight is 376 g/mol. The number of Topliss-reactive ketones (excluding diaryl/α,β-unsaturated/α-hetero) is 1. The minimum absolute atomic E-state index is 0.0742. The number of hydrogen-bond donors (Lipinski definition) is 2. The number of carbonyl (C=O) groups is 2. The molecular weight excluding hydrogens is 360 g/mol. The fourth-order valence-electron chi connectivity index (χ4n) is 2.64. The number of fused-ring (bicyclic) bond motifs is 1. The predicted octanol–water partition coefficient (Wildman–Crippen LogP) is 3.40. The molecule has 1 aliphatic rings. The lowest BCUT2D eigenvalue weighted by Gasteiger charge is -2.08. The van der Waals surface area contributed by atoms with Gasteiger partial charge < -0.3 is 20.1 Å². The van der Waals surface area contributed by atoms with Crippen molar-refractivity contribution in [1.82, 2.24) is 9.97 Å². The Morgan fingerprint density at radius 1 is 0.964 bits per heavy atom. The fourth-order valence-corrected chi connectivity index (χ4v) is 2.64. The molecule has 8 heteroatoms. The number of aromatic nitrogens is 2. The van der Waals surface area contributed by atoms with Gasteiger partial charge in [0, 0.05) is 23.0 Å². The Hall–Kier alpha value is -3.94. The van der Waals surface area contributed by atoms with Crippen LogP contribution in [0.4, 0.5) is 17.2 Å². The van der Waals surface area contributed by atoms with Crippen molar-refractivity contribution in [2.24, 2.45) is 0 Å². The maximum atomic E-state index is 12.3. The highest BCUT2D eigenvalue weighted by atomic mass is 16.7. The van der Waals surface area contributed by atoms with E-state index in [1.54, 1.807) is 36.4 Å². The van der Waals surface area contributed by atoms with Crippen LogP contribution in [-0.2, 0) is 0 Å². The number of rotatable bonds is 5. The Kier molecular flexibility index (Phi) is 4.59. The van der Waals surface area contributed by atoms with Gasteiger partial charge in [-0.05, 0) is 31.2 Å². The van der Waals surface area contributed by atoms with E-state index in [0.29, 0.717) is 28.6 Å². The van der Waals surface area contributed by atoms with E-state index in [9.17, 15) is 9.59 Å². The van der Waals surface area contributed by atoms with Crippen LogP contribution in [0.3, 0.4) is 0 Å². The van der Waals surface area contributed by atoms with E-state index in [0.717, 1.165) is 5.69 Å². The molecule has 4 rings (SSSR count). The number of nitrogens with one attached hydrogen (secondary N) is 2. The number of benzene rings is 2. The van der Waals surface area contributed by atoms with Gasteiger partial charge in [-0.25, -0.2) is 9.97 Å². The van der Waals surface area contributed by atoms with Crippen molar-refractivity contribution in [3.05, 3.63) is 66.1 Å². The van der Waals surface area contributed by atoms with E-state index < -0.39 is 5.91 Å². The van der Waals surface area contributed by atoms with Gasteiger partial charge in [-0.2, -0.15) is 0 Å². The lowest BCUT2D eigenvalue weighted by molar-refractivity contribution is 0.100. The number of nitrogens with zero attached hydrogens (tertiary/aromatic N) is 2. The second kappa shape index (κ2) is 7.36. The number of anilines is 3. The van der Waals surface area contributed by atoms with Crippen molar-refractivity contribution < 1.29 is 19.1 Å². The van der Waals surface area contributed by atoms with Gasteiger partial charge in [0.15, 0.2) is 17.3 Å². The standard InChI is InChI=1S/C20H16N4O4/c1-12(25)13-3-2-4-14(7-13)24-20(26)16-9-22-19(10-21-16)23-15-5-6-17-18(8-15)28-11-27-17/h2-10H,11H2,1H3,(H,22,23)(H,24,26). The molecule has 1 aromatic heterocycles. The fraction of sp³-hybridized carbons (Fsp3) is 0.100. The highest BCUT2D eigenvalue weighted by Gasteiger charge is 2.14. The molecule has 2 aromatic carbocycles. The molecule has 0 spiro atoms. The van der Waals surface area contributed by atoms with Crippen molar-refractivity contribution >= 4 is 28.9 Å². The molecule has 0 atom stereocenters. The van der Waals surface area contributed by atoms with Crippen LogP contribution in [-0.4, -0.2) is 28.5 Å². The predicted molar refractivity (Wildman–Crippen MR) is 102 cm³/mol. The highest BCUT2D eigenvalue weighted by Crippen LogP contribution is 2.34. The maximum absolute atomic E-state index is 12.3. The van der Waals surface area contributed by atoms with Crippen LogP contribution in [0.25, 0.3) is 0 Å². The first-order valence-electron chi connectivity index (χ1n) is 8.49. The Morgan fingerprint density at radius 2 is 1.82 bits per heavy atom. The highest BCUT2D eigenvalue weighted by molar-refractivity contribution is 6.03. The molecule has 2 heterocycles. The summed E-state index contributed by atoms with van der Waals surface area (Å²) in [4.78, 5) is 32.1. The normalized spacial score (nSPS) is 11.8. The zero-order valence-electron chi connectivity index (χ0n) is 14.9. The first-order chi connectivity index (χ1) is 13.6. The van der Waals surface area contributed by atoms with Crippen molar-refractivity contribution in [3.63, 3.8) is 0 Å². The van der Waals surface area contributed by atoms with Crippen LogP contribution < -0.4 is 20.1 Å². The second-order valence-corrected chi connectivity index (χ2v) is 6.07. The van der Waals surface area contributed by atoms with Gasteiger partial charge in [-0.1, -0.05) is 12.1 Å². The SMILES string of the molecule is CC(=O)c1cccc(NC(=O)c2cnc(Nc3ccc4c(c3)OCO4)cn2)c1. The van der Waals surface area contributed by atoms with E-state index in [4.69, 9.17) is 9.47 Å². The Balaban J connectivity index is 1.43. The minimum atomic E-state index is -0.414. The molecule has 28 heavy (non-hydrogen) atoms. The smallest absolute Gasteiger partial charge is 0.275 e.